The van der Waals surface area contributed by atoms with Crippen molar-refractivity contribution in [1.82, 2.24) is 14.9 Å². The molecule has 0 fully saturated rings. The molecule has 3 N–H and O–H groups in total. The first-order chi connectivity index (χ1) is 14.6. The lowest BCUT2D eigenvalue weighted by Crippen LogP contribution is -2.14. The Bertz CT molecular complexity index is 1130. The molecule has 7 nitrogen and oxygen atoms in total. The Balaban J connectivity index is 1.37. The Morgan fingerprint density at radius 1 is 1.33 bits per heavy atom. The van der Waals surface area contributed by atoms with Gasteiger partial charge in [0, 0.05) is 27.1 Å². The zero-order valence-electron chi connectivity index (χ0n) is 16.0. The second-order valence-electron chi connectivity index (χ2n) is 6.83. The number of nitrogens with one attached hydrogen (secondary N) is 1. The number of aryl methyl sites for hydroxylation is 1. The average Bonchev–Trinajstić information content (AvgIpc) is 3.28. The first kappa shape index (κ1) is 20.9. The van der Waals surface area contributed by atoms with E-state index in [1.807, 2.05) is 24.3 Å². The van der Waals surface area contributed by atoms with Gasteiger partial charge in [-0.25, -0.2) is 4.68 Å². The highest BCUT2D eigenvalue weighted by Gasteiger charge is 2.22. The number of thioether (sulfide) groups is 1. The van der Waals surface area contributed by atoms with E-state index in [2.05, 4.69) is 37.5 Å². The number of aromatic nitrogens is 3. The minimum Gasteiger partial charge on any atom is -0.335 e. The summed E-state index contributed by atoms with van der Waals surface area (Å²) in [7, 11) is 0. The predicted octanol–water partition coefficient (Wildman–Crippen LogP) is 4.35. The third-order valence-corrected chi connectivity index (χ3v) is 7.72. The van der Waals surface area contributed by atoms with E-state index in [0.717, 1.165) is 41.3 Å². The molecule has 10 heteroatoms. The molecule has 1 aliphatic rings. The van der Waals surface area contributed by atoms with Gasteiger partial charge in [0.2, 0.25) is 11.1 Å². The molecule has 0 saturated carbocycles. The summed E-state index contributed by atoms with van der Waals surface area (Å²) in [6.45, 7) is 0. The minimum absolute atomic E-state index is 0.119. The lowest BCUT2D eigenvalue weighted by molar-refractivity contribution is -0.115. The first-order valence-corrected chi connectivity index (χ1v) is 12.1. The van der Waals surface area contributed by atoms with Gasteiger partial charge in [0.05, 0.1) is 5.56 Å². The number of nitrogen functional groups attached to an aromatic ring is 1. The van der Waals surface area contributed by atoms with Gasteiger partial charge in [-0.2, -0.15) is 5.26 Å². The maximum absolute atomic E-state index is 12.4. The number of fused-ring (bicyclic) bond motifs is 1. The Kier molecular flexibility index (Phi) is 6.41. The summed E-state index contributed by atoms with van der Waals surface area (Å²) in [6, 6.07) is 9.92. The number of benzene rings is 1. The van der Waals surface area contributed by atoms with E-state index in [1.54, 1.807) is 0 Å². The number of nitriles is 1. The molecular formula is C20H19BrN6OS2. The summed E-state index contributed by atoms with van der Waals surface area (Å²) in [6.07, 6.45) is 4.45. The van der Waals surface area contributed by atoms with Crippen molar-refractivity contribution >= 4 is 49.9 Å². The Morgan fingerprint density at radius 3 is 2.93 bits per heavy atom. The van der Waals surface area contributed by atoms with Gasteiger partial charge in [0.25, 0.3) is 0 Å². The van der Waals surface area contributed by atoms with Crippen LogP contribution < -0.4 is 11.2 Å². The van der Waals surface area contributed by atoms with Crippen LogP contribution in [0.3, 0.4) is 0 Å². The van der Waals surface area contributed by atoms with Crippen molar-refractivity contribution in [1.29, 1.82) is 5.26 Å². The summed E-state index contributed by atoms with van der Waals surface area (Å²) >= 11 is 6.40. The van der Waals surface area contributed by atoms with Crippen LogP contribution in [0.2, 0.25) is 0 Å². The topological polar surface area (TPSA) is 110 Å². The number of nitrogens with zero attached hydrogens (tertiary/aromatic N) is 4. The number of carbonyl (C=O) groups is 1. The molecule has 0 atom stereocenters. The fourth-order valence-electron chi connectivity index (χ4n) is 3.40. The van der Waals surface area contributed by atoms with Crippen LogP contribution in [-0.2, 0) is 17.6 Å². The molecule has 1 amide bonds. The first-order valence-electron chi connectivity index (χ1n) is 9.51. The van der Waals surface area contributed by atoms with Crippen LogP contribution in [-0.4, -0.2) is 26.5 Å². The van der Waals surface area contributed by atoms with Crippen LogP contribution in [0.15, 0.2) is 33.9 Å². The average molecular weight is 503 g/mol. The molecule has 0 spiro atoms. The number of rotatable bonds is 6. The van der Waals surface area contributed by atoms with E-state index < -0.39 is 0 Å². The highest BCUT2D eigenvalue weighted by atomic mass is 79.9. The molecule has 0 unspecified atom stereocenters. The monoisotopic (exact) mass is 502 g/mol. The molecule has 0 radical (unpaired) electrons. The Labute approximate surface area is 190 Å². The zero-order chi connectivity index (χ0) is 21.1. The van der Waals surface area contributed by atoms with E-state index in [4.69, 9.17) is 5.84 Å². The van der Waals surface area contributed by atoms with Crippen LogP contribution in [0, 0.1) is 11.3 Å². The molecule has 1 aromatic carbocycles. The molecule has 2 heterocycles. The van der Waals surface area contributed by atoms with Crippen LogP contribution in [0.4, 0.5) is 5.00 Å². The lowest BCUT2D eigenvalue weighted by Gasteiger charge is -2.09. The van der Waals surface area contributed by atoms with Crippen LogP contribution in [0.5, 0.6) is 0 Å². The summed E-state index contributed by atoms with van der Waals surface area (Å²) in [5.74, 6) is 7.09. The van der Waals surface area contributed by atoms with E-state index in [1.165, 1.54) is 32.7 Å². The normalized spacial score (nSPS) is 12.9. The van der Waals surface area contributed by atoms with Crippen LogP contribution in [0.25, 0.3) is 11.4 Å². The second-order valence-corrected chi connectivity index (χ2v) is 9.85. The molecular weight excluding hydrogens is 484 g/mol. The zero-order valence-corrected chi connectivity index (χ0v) is 19.2. The smallest absolute Gasteiger partial charge is 0.225 e. The van der Waals surface area contributed by atoms with Gasteiger partial charge in [-0.05, 0) is 43.4 Å². The predicted molar refractivity (Wildman–Crippen MR) is 123 cm³/mol. The van der Waals surface area contributed by atoms with Crippen molar-refractivity contribution in [3.05, 3.63) is 44.7 Å². The standard InChI is InChI=1S/C20H19BrN6OS2/c21-15-7-3-1-6-13(15)18-25-26-20(27(18)23)29-10-9-17(28)24-19-14(11-22)12-5-2-4-8-16(12)30-19/h1,3,6-7H,2,4-5,8-10,23H2,(H,24,28). The number of nitrogens with two attached hydrogens (primary N) is 1. The highest BCUT2D eigenvalue weighted by molar-refractivity contribution is 9.10. The summed E-state index contributed by atoms with van der Waals surface area (Å²) in [4.78, 5) is 13.7. The molecule has 30 heavy (non-hydrogen) atoms. The quantitative estimate of drug-likeness (QED) is 0.382. The van der Waals surface area contributed by atoms with Crippen molar-refractivity contribution in [2.45, 2.75) is 37.3 Å². The number of thiophene rings is 1. The summed E-state index contributed by atoms with van der Waals surface area (Å²) < 4.78 is 2.32. The number of anilines is 1. The lowest BCUT2D eigenvalue weighted by atomic mass is 9.96. The number of halogens is 1. The maximum atomic E-state index is 12.4. The number of amides is 1. The fraction of sp³-hybridized carbons (Fsp3) is 0.300. The molecule has 154 valence electrons. The van der Waals surface area contributed by atoms with Crippen LogP contribution in [0.1, 0.15) is 35.3 Å². The summed E-state index contributed by atoms with van der Waals surface area (Å²) in [5.41, 5.74) is 2.60. The van der Waals surface area contributed by atoms with Crippen molar-refractivity contribution in [3.63, 3.8) is 0 Å². The molecule has 0 saturated heterocycles. The third kappa shape index (κ3) is 4.24. The van der Waals surface area contributed by atoms with Crippen molar-refractivity contribution in [2.75, 3.05) is 16.9 Å². The van der Waals surface area contributed by atoms with Gasteiger partial charge in [0.1, 0.15) is 11.1 Å². The van der Waals surface area contributed by atoms with Gasteiger partial charge in [-0.3, -0.25) is 4.79 Å². The molecule has 0 aliphatic heterocycles. The number of hydrogen-bond donors (Lipinski definition) is 2. The molecule has 2 aromatic heterocycles. The van der Waals surface area contributed by atoms with E-state index in [9.17, 15) is 10.1 Å². The van der Waals surface area contributed by atoms with E-state index in [-0.39, 0.29) is 12.3 Å². The number of carbonyl (C=O) groups excluding carboxylic acids is 1. The Hall–Kier alpha value is -2.35. The van der Waals surface area contributed by atoms with Gasteiger partial charge in [-0.15, -0.1) is 21.5 Å². The van der Waals surface area contributed by atoms with Gasteiger partial charge < -0.3 is 11.2 Å². The highest BCUT2D eigenvalue weighted by Crippen LogP contribution is 2.37. The van der Waals surface area contributed by atoms with E-state index in [0.29, 0.717) is 27.3 Å². The molecule has 0 bridgehead atoms. The second kappa shape index (κ2) is 9.20. The number of hydrogen-bond acceptors (Lipinski definition) is 7. The minimum atomic E-state index is -0.119. The van der Waals surface area contributed by atoms with Gasteiger partial charge in [-0.1, -0.05) is 39.8 Å². The van der Waals surface area contributed by atoms with E-state index >= 15 is 0 Å². The van der Waals surface area contributed by atoms with Crippen molar-refractivity contribution < 1.29 is 4.79 Å². The Morgan fingerprint density at radius 2 is 2.13 bits per heavy atom. The fourth-order valence-corrected chi connectivity index (χ4v) is 5.91. The third-order valence-electron chi connectivity index (χ3n) is 4.88. The SMILES string of the molecule is N#Cc1c(NC(=O)CCSc2nnc(-c3ccccc3Br)n2N)sc2c1CCCC2. The van der Waals surface area contributed by atoms with Crippen molar-refractivity contribution in [3.8, 4) is 17.5 Å². The molecule has 4 rings (SSSR count). The van der Waals surface area contributed by atoms with Crippen LogP contribution >= 0.6 is 39.0 Å². The molecule has 3 aromatic rings. The summed E-state index contributed by atoms with van der Waals surface area (Å²) in [5, 5.41) is 22.0. The maximum Gasteiger partial charge on any atom is 0.225 e. The largest absolute Gasteiger partial charge is 0.335 e. The molecule has 1 aliphatic carbocycles. The van der Waals surface area contributed by atoms with Gasteiger partial charge in [0.15, 0.2) is 5.82 Å². The van der Waals surface area contributed by atoms with Gasteiger partial charge >= 0.3 is 0 Å². The van der Waals surface area contributed by atoms with Crippen molar-refractivity contribution in [2.24, 2.45) is 0 Å².